The number of likely N-dealkylation sites (N-methyl/N-ethyl adjacent to an activating group) is 1. The number of ether oxygens (including phenoxy) is 1. The van der Waals surface area contributed by atoms with Gasteiger partial charge in [0.15, 0.2) is 0 Å². The third kappa shape index (κ3) is 11.4. The molecule has 0 spiro atoms. The zero-order valence-electron chi connectivity index (χ0n) is 10.2. The molecule has 0 atom stereocenters. The molecule has 0 bridgehead atoms. The van der Waals surface area contributed by atoms with Crippen molar-refractivity contribution in [1.29, 1.82) is 0 Å². The fourth-order valence-corrected chi connectivity index (χ4v) is 1.35. The average molecular weight is 215 g/mol. The van der Waals surface area contributed by atoms with E-state index in [2.05, 4.69) is 12.2 Å². The van der Waals surface area contributed by atoms with Gasteiger partial charge in [0, 0.05) is 0 Å². The van der Waals surface area contributed by atoms with Crippen molar-refractivity contribution in [2.75, 3.05) is 19.7 Å². The molecule has 0 amide bonds. The molecule has 0 aliphatic heterocycles. The molecule has 0 aliphatic rings. The first-order valence-corrected chi connectivity index (χ1v) is 6.17. The van der Waals surface area contributed by atoms with Crippen LogP contribution in [0.25, 0.3) is 0 Å². The number of esters is 1. The molecule has 0 unspecified atom stereocenters. The van der Waals surface area contributed by atoms with Gasteiger partial charge in [-0.2, -0.15) is 0 Å². The number of carbonyl (C=O) groups excluding carboxylic acids is 1. The summed E-state index contributed by atoms with van der Waals surface area (Å²) < 4.78 is 5.05. The molecule has 0 rings (SSSR count). The number of unbranched alkanes of at least 4 members (excludes halogenated alkanes) is 5. The lowest BCUT2D eigenvalue weighted by Gasteiger charge is -2.04. The molecule has 0 aromatic carbocycles. The Kier molecular flexibility index (Phi) is 11.1. The Labute approximate surface area is 93.6 Å². The van der Waals surface area contributed by atoms with E-state index in [0.29, 0.717) is 13.2 Å². The summed E-state index contributed by atoms with van der Waals surface area (Å²) >= 11 is 0. The molecular weight excluding hydrogens is 190 g/mol. The summed E-state index contributed by atoms with van der Waals surface area (Å²) in [5.41, 5.74) is 0. The Morgan fingerprint density at radius 3 is 2.40 bits per heavy atom. The normalized spacial score (nSPS) is 10.3. The van der Waals surface area contributed by atoms with E-state index in [4.69, 9.17) is 4.74 Å². The Hall–Kier alpha value is -0.570. The summed E-state index contributed by atoms with van der Waals surface area (Å²) in [6, 6.07) is 0. The van der Waals surface area contributed by atoms with E-state index in [9.17, 15) is 4.79 Å². The van der Waals surface area contributed by atoms with Crippen LogP contribution in [0.4, 0.5) is 0 Å². The minimum atomic E-state index is -0.134. The molecule has 3 nitrogen and oxygen atoms in total. The van der Waals surface area contributed by atoms with Crippen molar-refractivity contribution in [2.24, 2.45) is 0 Å². The predicted octanol–water partition coefficient (Wildman–Crippen LogP) is 2.50. The van der Waals surface area contributed by atoms with Crippen molar-refractivity contribution in [2.45, 2.75) is 52.4 Å². The quantitative estimate of drug-likeness (QED) is 0.449. The number of hydrogen-bond donors (Lipinski definition) is 1. The van der Waals surface area contributed by atoms with Crippen molar-refractivity contribution in [3.8, 4) is 0 Å². The van der Waals surface area contributed by atoms with E-state index in [1.54, 1.807) is 0 Å². The molecule has 0 heterocycles. The molecule has 3 heteroatoms. The van der Waals surface area contributed by atoms with Gasteiger partial charge in [0.1, 0.15) is 0 Å². The average Bonchev–Trinajstić information content (AvgIpc) is 2.25. The molecule has 0 aliphatic carbocycles. The van der Waals surface area contributed by atoms with Gasteiger partial charge < -0.3 is 10.1 Å². The summed E-state index contributed by atoms with van der Waals surface area (Å²) in [6.45, 7) is 5.92. The second kappa shape index (κ2) is 11.5. The Bertz CT molecular complexity index is 149. The predicted molar refractivity (Wildman–Crippen MR) is 62.9 cm³/mol. The maximum Gasteiger partial charge on any atom is 0.319 e. The number of hydrogen-bond acceptors (Lipinski definition) is 3. The lowest BCUT2D eigenvalue weighted by atomic mass is 10.1. The van der Waals surface area contributed by atoms with E-state index in [1.807, 2.05) is 6.92 Å². The van der Waals surface area contributed by atoms with Crippen LogP contribution in [0.1, 0.15) is 52.4 Å². The summed E-state index contributed by atoms with van der Waals surface area (Å²) in [5.74, 6) is -0.134. The van der Waals surface area contributed by atoms with Crippen molar-refractivity contribution < 1.29 is 9.53 Å². The summed E-state index contributed by atoms with van der Waals surface area (Å²) in [7, 11) is 0. The molecule has 0 radical (unpaired) electrons. The molecule has 90 valence electrons. The third-order valence-electron chi connectivity index (χ3n) is 2.28. The minimum absolute atomic E-state index is 0.134. The minimum Gasteiger partial charge on any atom is -0.465 e. The SMILES string of the molecule is CCCCCCCCOC(=O)CNCC. The fraction of sp³-hybridized carbons (Fsp3) is 0.917. The second-order valence-corrected chi connectivity index (χ2v) is 3.77. The highest BCUT2D eigenvalue weighted by Crippen LogP contribution is 2.04. The van der Waals surface area contributed by atoms with Crippen LogP contribution in [0.2, 0.25) is 0 Å². The number of carbonyl (C=O) groups is 1. The van der Waals surface area contributed by atoms with E-state index >= 15 is 0 Å². The van der Waals surface area contributed by atoms with Crippen LogP contribution in [-0.2, 0) is 9.53 Å². The van der Waals surface area contributed by atoms with Crippen molar-refractivity contribution in [1.82, 2.24) is 5.32 Å². The largest absolute Gasteiger partial charge is 0.465 e. The highest BCUT2D eigenvalue weighted by atomic mass is 16.5. The van der Waals surface area contributed by atoms with E-state index in [-0.39, 0.29) is 5.97 Å². The number of rotatable bonds is 10. The molecule has 0 aromatic rings. The van der Waals surface area contributed by atoms with E-state index in [1.165, 1.54) is 32.1 Å². The van der Waals surface area contributed by atoms with Crippen molar-refractivity contribution >= 4 is 5.97 Å². The first-order valence-electron chi connectivity index (χ1n) is 6.17. The highest BCUT2D eigenvalue weighted by molar-refractivity contribution is 5.71. The molecule has 0 saturated heterocycles. The van der Waals surface area contributed by atoms with Gasteiger partial charge in [-0.3, -0.25) is 4.79 Å². The first kappa shape index (κ1) is 14.4. The van der Waals surface area contributed by atoms with Gasteiger partial charge in [-0.1, -0.05) is 46.0 Å². The molecular formula is C12H25NO2. The van der Waals surface area contributed by atoms with Gasteiger partial charge >= 0.3 is 5.97 Å². The molecule has 0 saturated carbocycles. The maximum absolute atomic E-state index is 11.1. The lowest BCUT2D eigenvalue weighted by Crippen LogP contribution is -2.24. The zero-order chi connectivity index (χ0) is 11.4. The van der Waals surface area contributed by atoms with Crippen LogP contribution >= 0.6 is 0 Å². The molecule has 0 fully saturated rings. The van der Waals surface area contributed by atoms with E-state index in [0.717, 1.165) is 13.0 Å². The highest BCUT2D eigenvalue weighted by Gasteiger charge is 1.99. The van der Waals surface area contributed by atoms with Crippen molar-refractivity contribution in [3.05, 3.63) is 0 Å². The van der Waals surface area contributed by atoms with Gasteiger partial charge in [-0.05, 0) is 13.0 Å². The van der Waals surface area contributed by atoms with Crippen LogP contribution in [0.5, 0.6) is 0 Å². The van der Waals surface area contributed by atoms with Gasteiger partial charge in [-0.25, -0.2) is 0 Å². The number of nitrogens with one attached hydrogen (secondary N) is 1. The van der Waals surface area contributed by atoms with Crippen LogP contribution < -0.4 is 5.32 Å². The Morgan fingerprint density at radius 2 is 1.73 bits per heavy atom. The smallest absolute Gasteiger partial charge is 0.319 e. The monoisotopic (exact) mass is 215 g/mol. The van der Waals surface area contributed by atoms with E-state index < -0.39 is 0 Å². The standard InChI is InChI=1S/C12H25NO2/c1-3-5-6-7-8-9-10-15-12(14)11-13-4-2/h13H,3-11H2,1-2H3. The fourth-order valence-electron chi connectivity index (χ4n) is 1.35. The van der Waals surface area contributed by atoms with Crippen LogP contribution in [0, 0.1) is 0 Å². The van der Waals surface area contributed by atoms with Gasteiger partial charge in [0.05, 0.1) is 13.2 Å². The Balaban J connectivity index is 3.06. The maximum atomic E-state index is 11.1. The zero-order valence-corrected chi connectivity index (χ0v) is 10.2. The summed E-state index contributed by atoms with van der Waals surface area (Å²) in [6.07, 6.45) is 7.34. The van der Waals surface area contributed by atoms with Crippen LogP contribution in [-0.4, -0.2) is 25.7 Å². The van der Waals surface area contributed by atoms with Crippen molar-refractivity contribution in [3.63, 3.8) is 0 Å². The van der Waals surface area contributed by atoms with Gasteiger partial charge in [0.25, 0.3) is 0 Å². The molecule has 1 N–H and O–H groups in total. The molecule has 0 aromatic heterocycles. The second-order valence-electron chi connectivity index (χ2n) is 3.77. The van der Waals surface area contributed by atoms with Gasteiger partial charge in [-0.15, -0.1) is 0 Å². The van der Waals surface area contributed by atoms with Crippen LogP contribution in [0.3, 0.4) is 0 Å². The summed E-state index contributed by atoms with van der Waals surface area (Å²) in [4.78, 5) is 11.1. The molecule has 15 heavy (non-hydrogen) atoms. The van der Waals surface area contributed by atoms with Crippen LogP contribution in [0.15, 0.2) is 0 Å². The Morgan fingerprint density at radius 1 is 1.07 bits per heavy atom. The first-order chi connectivity index (χ1) is 7.31. The third-order valence-corrected chi connectivity index (χ3v) is 2.28. The van der Waals surface area contributed by atoms with Gasteiger partial charge in [0.2, 0.25) is 0 Å². The lowest BCUT2D eigenvalue weighted by molar-refractivity contribution is -0.142. The summed E-state index contributed by atoms with van der Waals surface area (Å²) in [5, 5.41) is 2.94. The topological polar surface area (TPSA) is 38.3 Å².